The van der Waals surface area contributed by atoms with Gasteiger partial charge in [-0.3, -0.25) is 4.79 Å². The van der Waals surface area contributed by atoms with Crippen LogP contribution in [0.25, 0.3) is 0 Å². The molecule has 1 fully saturated rings. The van der Waals surface area contributed by atoms with E-state index in [1.165, 1.54) is 6.08 Å². The first-order valence-electron chi connectivity index (χ1n) is 6.00. The molecule has 0 aromatic heterocycles. The van der Waals surface area contributed by atoms with E-state index in [0.29, 0.717) is 0 Å². The van der Waals surface area contributed by atoms with Gasteiger partial charge >= 0.3 is 5.97 Å². The second-order valence-corrected chi connectivity index (χ2v) is 5.03. The summed E-state index contributed by atoms with van der Waals surface area (Å²) in [6, 6.07) is 0. The maximum Gasteiger partial charge on any atom is 0.327 e. The highest BCUT2D eigenvalue weighted by atomic mass is 16.4. The monoisotopic (exact) mass is 241 g/mol. The van der Waals surface area contributed by atoms with Crippen molar-refractivity contribution in [3.8, 4) is 0 Å². The topological polar surface area (TPSA) is 80.4 Å². The van der Waals surface area contributed by atoms with Crippen molar-refractivity contribution in [2.45, 2.75) is 46.5 Å². The van der Waals surface area contributed by atoms with Crippen molar-refractivity contribution in [3.63, 3.8) is 0 Å². The van der Waals surface area contributed by atoms with Gasteiger partial charge in [-0.1, -0.05) is 39.7 Å². The first-order valence-corrected chi connectivity index (χ1v) is 6.00. The Morgan fingerprint density at radius 2 is 2.00 bits per heavy atom. The molecule has 0 aromatic rings. The van der Waals surface area contributed by atoms with Gasteiger partial charge in [-0.25, -0.2) is 4.79 Å². The molecule has 0 spiro atoms. The van der Waals surface area contributed by atoms with Gasteiger partial charge in [0.2, 0.25) is 5.91 Å². The van der Waals surface area contributed by atoms with E-state index in [2.05, 4.69) is 20.8 Å². The van der Waals surface area contributed by atoms with Crippen LogP contribution in [0.3, 0.4) is 0 Å². The zero-order chi connectivity index (χ0) is 13.5. The molecule has 98 valence electrons. The number of carboxylic acid groups (broad SMARTS) is 1. The molecule has 1 saturated carbocycles. The van der Waals surface area contributed by atoms with E-state index in [-0.39, 0.29) is 17.2 Å². The van der Waals surface area contributed by atoms with Gasteiger partial charge in [-0.05, 0) is 18.3 Å². The number of carbonyl (C=O) groups is 2. The Kier molecular flexibility index (Phi) is 6.54. The maximum atomic E-state index is 10.4. The normalized spacial score (nSPS) is 20.5. The lowest BCUT2D eigenvalue weighted by Crippen LogP contribution is -2.15. The molecular formula is C13H23NO3. The van der Waals surface area contributed by atoms with Crippen molar-refractivity contribution in [1.29, 1.82) is 0 Å². The molecule has 1 aliphatic carbocycles. The van der Waals surface area contributed by atoms with E-state index in [1.54, 1.807) is 6.08 Å². The van der Waals surface area contributed by atoms with Crippen molar-refractivity contribution in [2.75, 3.05) is 0 Å². The van der Waals surface area contributed by atoms with Gasteiger partial charge in [-0.2, -0.15) is 0 Å². The Balaban J connectivity index is 0.000000302. The lowest BCUT2D eigenvalue weighted by molar-refractivity contribution is -0.131. The SMILES string of the molecule is CC1(C)CC1C(N)=O.CCCCC=CC(=O)O. The summed E-state index contributed by atoms with van der Waals surface area (Å²) in [5.41, 5.74) is 5.25. The number of rotatable bonds is 5. The minimum absolute atomic E-state index is 0.144. The van der Waals surface area contributed by atoms with E-state index >= 15 is 0 Å². The molecule has 0 saturated heterocycles. The molecule has 1 amide bonds. The summed E-state index contributed by atoms with van der Waals surface area (Å²) in [7, 11) is 0. The fourth-order valence-electron chi connectivity index (χ4n) is 1.46. The number of carboxylic acids is 1. The second-order valence-electron chi connectivity index (χ2n) is 5.03. The third-order valence-corrected chi connectivity index (χ3v) is 2.84. The second kappa shape index (κ2) is 7.09. The number of nitrogens with two attached hydrogens (primary N) is 1. The van der Waals surface area contributed by atoms with Crippen LogP contribution in [0.5, 0.6) is 0 Å². The van der Waals surface area contributed by atoms with Gasteiger partial charge in [0.05, 0.1) is 0 Å². The molecule has 1 atom stereocenters. The minimum Gasteiger partial charge on any atom is -0.478 e. The van der Waals surface area contributed by atoms with Crippen molar-refractivity contribution >= 4 is 11.9 Å². The quantitative estimate of drug-likeness (QED) is 0.572. The summed E-state index contributed by atoms with van der Waals surface area (Å²) >= 11 is 0. The molecule has 0 aliphatic heterocycles. The number of aliphatic carboxylic acids is 1. The number of primary amides is 1. The van der Waals surface area contributed by atoms with Gasteiger partial charge < -0.3 is 10.8 Å². The highest BCUT2D eigenvalue weighted by Crippen LogP contribution is 2.51. The Hall–Kier alpha value is -1.32. The number of allylic oxidation sites excluding steroid dienone is 1. The number of amides is 1. The van der Waals surface area contributed by atoms with Crippen LogP contribution < -0.4 is 5.73 Å². The van der Waals surface area contributed by atoms with E-state index in [1.807, 2.05) is 0 Å². The zero-order valence-corrected chi connectivity index (χ0v) is 10.9. The van der Waals surface area contributed by atoms with Crippen LogP contribution in [-0.2, 0) is 9.59 Å². The third-order valence-electron chi connectivity index (χ3n) is 2.84. The largest absolute Gasteiger partial charge is 0.478 e. The lowest BCUT2D eigenvalue weighted by atomic mass is 10.1. The summed E-state index contributed by atoms with van der Waals surface area (Å²) in [5, 5.41) is 8.13. The average Bonchev–Trinajstić information content (AvgIpc) is 2.84. The summed E-state index contributed by atoms with van der Waals surface area (Å²) in [5.74, 6) is -0.844. The van der Waals surface area contributed by atoms with Crippen LogP contribution in [0.4, 0.5) is 0 Å². The molecule has 3 N–H and O–H groups in total. The van der Waals surface area contributed by atoms with Crippen LogP contribution in [0, 0.1) is 11.3 Å². The first-order chi connectivity index (χ1) is 7.81. The molecule has 0 radical (unpaired) electrons. The van der Waals surface area contributed by atoms with Crippen LogP contribution in [0.2, 0.25) is 0 Å². The molecule has 0 aromatic carbocycles. The summed E-state index contributed by atoms with van der Waals surface area (Å²) < 4.78 is 0. The van der Waals surface area contributed by atoms with Gasteiger partial charge in [0.25, 0.3) is 0 Å². The van der Waals surface area contributed by atoms with Crippen LogP contribution in [0.15, 0.2) is 12.2 Å². The molecule has 17 heavy (non-hydrogen) atoms. The Morgan fingerprint density at radius 3 is 2.24 bits per heavy atom. The fraction of sp³-hybridized carbons (Fsp3) is 0.692. The van der Waals surface area contributed by atoms with Crippen LogP contribution in [0.1, 0.15) is 46.5 Å². The molecule has 4 nitrogen and oxygen atoms in total. The summed E-state index contributed by atoms with van der Waals surface area (Å²) in [6.45, 7) is 6.19. The van der Waals surface area contributed by atoms with Gasteiger partial charge in [0.15, 0.2) is 0 Å². The summed E-state index contributed by atoms with van der Waals surface area (Å²) in [6.07, 6.45) is 6.92. The average molecular weight is 241 g/mol. The predicted molar refractivity (Wildman–Crippen MR) is 67.4 cm³/mol. The predicted octanol–water partition coefficient (Wildman–Crippen LogP) is 2.34. The smallest absolute Gasteiger partial charge is 0.327 e. The van der Waals surface area contributed by atoms with E-state index in [0.717, 1.165) is 25.7 Å². The molecular weight excluding hydrogens is 218 g/mol. The maximum absolute atomic E-state index is 10.4. The first kappa shape index (κ1) is 15.7. The van der Waals surface area contributed by atoms with E-state index in [9.17, 15) is 9.59 Å². The van der Waals surface area contributed by atoms with Gasteiger partial charge in [-0.15, -0.1) is 0 Å². The molecule has 1 rings (SSSR count). The molecule has 1 unspecified atom stereocenters. The molecule has 0 heterocycles. The standard InChI is InChI=1S/C7H12O2.C6H11NO/c1-2-3-4-5-6-7(8)9;1-6(2)3-4(6)5(7)8/h5-6H,2-4H2,1H3,(H,8,9);4H,3H2,1-2H3,(H2,7,8). The Labute approximate surface area is 103 Å². The number of hydrogen-bond donors (Lipinski definition) is 2. The molecule has 1 aliphatic rings. The van der Waals surface area contributed by atoms with E-state index < -0.39 is 5.97 Å². The highest BCUT2D eigenvalue weighted by Gasteiger charge is 2.49. The van der Waals surface area contributed by atoms with Crippen molar-refractivity contribution in [3.05, 3.63) is 12.2 Å². The fourth-order valence-corrected chi connectivity index (χ4v) is 1.46. The Bertz CT molecular complexity index is 295. The minimum atomic E-state index is -0.855. The van der Waals surface area contributed by atoms with Crippen molar-refractivity contribution in [2.24, 2.45) is 17.1 Å². The lowest BCUT2D eigenvalue weighted by Gasteiger charge is -1.95. The molecule has 4 heteroatoms. The van der Waals surface area contributed by atoms with Crippen LogP contribution in [-0.4, -0.2) is 17.0 Å². The number of unbranched alkanes of at least 4 members (excludes halogenated alkanes) is 2. The number of carbonyl (C=O) groups excluding carboxylic acids is 1. The highest BCUT2D eigenvalue weighted by molar-refractivity contribution is 5.80. The van der Waals surface area contributed by atoms with Crippen molar-refractivity contribution < 1.29 is 14.7 Å². The zero-order valence-electron chi connectivity index (χ0n) is 10.9. The van der Waals surface area contributed by atoms with Gasteiger partial charge in [0.1, 0.15) is 0 Å². The molecule has 0 bridgehead atoms. The van der Waals surface area contributed by atoms with Crippen LogP contribution >= 0.6 is 0 Å². The third kappa shape index (κ3) is 7.55. The number of hydrogen-bond acceptors (Lipinski definition) is 2. The summed E-state index contributed by atoms with van der Waals surface area (Å²) in [4.78, 5) is 20.3. The Morgan fingerprint density at radius 1 is 1.47 bits per heavy atom. The van der Waals surface area contributed by atoms with E-state index in [4.69, 9.17) is 10.8 Å². The van der Waals surface area contributed by atoms with Gasteiger partial charge in [0, 0.05) is 12.0 Å². The van der Waals surface area contributed by atoms with Crippen molar-refractivity contribution in [1.82, 2.24) is 0 Å².